The molecule has 1 aromatic heterocycles. The molecular weight excluding hydrogens is 444 g/mol. The predicted octanol–water partition coefficient (Wildman–Crippen LogP) is 4.44. The van der Waals surface area contributed by atoms with Crippen molar-refractivity contribution in [2.24, 2.45) is 0 Å². The highest BCUT2D eigenvalue weighted by molar-refractivity contribution is 6.51. The summed E-state index contributed by atoms with van der Waals surface area (Å²) in [7, 11) is 0. The van der Waals surface area contributed by atoms with Crippen LogP contribution in [0.1, 0.15) is 22.9 Å². The van der Waals surface area contributed by atoms with Crippen LogP contribution in [0.4, 0.5) is 5.69 Å². The maximum Gasteiger partial charge on any atom is 0.300 e. The summed E-state index contributed by atoms with van der Waals surface area (Å²) < 4.78 is 11.1. The summed E-state index contributed by atoms with van der Waals surface area (Å²) in [4.78, 5) is 32.2. The maximum absolute atomic E-state index is 13.2. The third-order valence-electron chi connectivity index (χ3n) is 5.65. The number of hydrogen-bond acceptors (Lipinski definition) is 6. The molecular formula is C25H19ClN2O5. The number of aryl methyl sites for hydroxylation is 1. The van der Waals surface area contributed by atoms with Gasteiger partial charge in [-0.05, 0) is 61.0 Å². The van der Waals surface area contributed by atoms with Gasteiger partial charge in [-0.3, -0.25) is 19.5 Å². The molecule has 1 amide bonds. The highest BCUT2D eigenvalue weighted by Crippen LogP contribution is 2.43. The molecule has 0 spiro atoms. The van der Waals surface area contributed by atoms with Crippen molar-refractivity contribution in [3.05, 3.63) is 88.2 Å². The van der Waals surface area contributed by atoms with Gasteiger partial charge < -0.3 is 14.6 Å². The van der Waals surface area contributed by atoms with Gasteiger partial charge in [-0.15, -0.1) is 0 Å². The third-order valence-corrected chi connectivity index (χ3v) is 5.88. The monoisotopic (exact) mass is 462 g/mol. The number of carbonyl (C=O) groups is 2. The largest absolute Gasteiger partial charge is 0.507 e. The number of ether oxygens (including phenoxy) is 2. The molecule has 2 aromatic carbocycles. The van der Waals surface area contributed by atoms with Crippen LogP contribution in [0.5, 0.6) is 11.5 Å². The topological polar surface area (TPSA) is 89.0 Å². The van der Waals surface area contributed by atoms with Gasteiger partial charge >= 0.3 is 0 Å². The van der Waals surface area contributed by atoms with E-state index in [4.69, 9.17) is 21.1 Å². The minimum absolute atomic E-state index is 0.0512. The lowest BCUT2D eigenvalue weighted by molar-refractivity contribution is -0.132. The van der Waals surface area contributed by atoms with Gasteiger partial charge in [-0.1, -0.05) is 17.7 Å². The lowest BCUT2D eigenvalue weighted by Crippen LogP contribution is -2.30. The number of fused-ring (bicyclic) bond motifs is 1. The number of nitrogens with zero attached hydrogens (tertiary/aromatic N) is 2. The average molecular weight is 463 g/mol. The fraction of sp³-hybridized carbons (Fsp3) is 0.160. The van der Waals surface area contributed by atoms with Crippen LogP contribution in [0.3, 0.4) is 0 Å². The highest BCUT2D eigenvalue weighted by Gasteiger charge is 2.48. The SMILES string of the molecule is Cc1cc(Cl)ccc1N1C(=O)C(=O)/C(=C(\O)c2ccc3c(c2)OCCO3)C1c1ccccn1. The Morgan fingerprint density at radius 1 is 1.06 bits per heavy atom. The predicted molar refractivity (Wildman–Crippen MR) is 123 cm³/mol. The number of amides is 1. The molecule has 0 aliphatic carbocycles. The van der Waals surface area contributed by atoms with Crippen LogP contribution in [0.15, 0.2) is 66.4 Å². The number of aromatic nitrogens is 1. The Bertz CT molecular complexity index is 1310. The van der Waals surface area contributed by atoms with E-state index in [1.165, 1.54) is 4.90 Å². The number of Topliss-reactive ketones (excluding diaryl/α,β-unsaturated/α-hetero) is 1. The first-order valence-electron chi connectivity index (χ1n) is 10.3. The second-order valence-electron chi connectivity index (χ2n) is 7.71. The number of anilines is 1. The van der Waals surface area contributed by atoms with E-state index in [1.54, 1.807) is 67.7 Å². The molecule has 1 atom stereocenters. The normalized spacial score (nSPS) is 19.1. The minimum Gasteiger partial charge on any atom is -0.507 e. The van der Waals surface area contributed by atoms with Crippen molar-refractivity contribution >= 4 is 34.7 Å². The second kappa shape index (κ2) is 8.26. The molecule has 7 nitrogen and oxygen atoms in total. The smallest absolute Gasteiger partial charge is 0.300 e. The maximum atomic E-state index is 13.2. The van der Waals surface area contributed by atoms with Gasteiger partial charge in [0, 0.05) is 22.5 Å². The molecule has 166 valence electrons. The number of hydrogen-bond donors (Lipinski definition) is 1. The van der Waals surface area contributed by atoms with Gasteiger partial charge in [-0.2, -0.15) is 0 Å². The molecule has 8 heteroatoms. The summed E-state index contributed by atoms with van der Waals surface area (Å²) in [5, 5.41) is 11.8. The summed E-state index contributed by atoms with van der Waals surface area (Å²) in [5.74, 6) is -0.851. The summed E-state index contributed by atoms with van der Waals surface area (Å²) >= 11 is 6.11. The first-order valence-corrected chi connectivity index (χ1v) is 10.7. The number of halogens is 1. The highest BCUT2D eigenvalue weighted by atomic mass is 35.5. The van der Waals surface area contributed by atoms with E-state index in [1.807, 2.05) is 0 Å². The molecule has 1 unspecified atom stereocenters. The van der Waals surface area contributed by atoms with Gasteiger partial charge in [-0.25, -0.2) is 0 Å². The molecule has 1 saturated heterocycles. The molecule has 0 radical (unpaired) electrons. The quantitative estimate of drug-likeness (QED) is 0.351. The summed E-state index contributed by atoms with van der Waals surface area (Å²) in [6, 6.07) is 14.2. The zero-order valence-electron chi connectivity index (χ0n) is 17.6. The van der Waals surface area contributed by atoms with Crippen molar-refractivity contribution < 1.29 is 24.2 Å². The van der Waals surface area contributed by atoms with Crippen molar-refractivity contribution in [2.45, 2.75) is 13.0 Å². The summed E-state index contributed by atoms with van der Waals surface area (Å²) in [6.07, 6.45) is 1.58. The van der Waals surface area contributed by atoms with E-state index in [0.29, 0.717) is 52.2 Å². The first-order chi connectivity index (χ1) is 16.0. The van der Waals surface area contributed by atoms with E-state index < -0.39 is 17.7 Å². The van der Waals surface area contributed by atoms with Crippen molar-refractivity contribution in [3.63, 3.8) is 0 Å². The summed E-state index contributed by atoms with van der Waals surface area (Å²) in [6.45, 7) is 2.62. The molecule has 5 rings (SSSR count). The van der Waals surface area contributed by atoms with Crippen molar-refractivity contribution in [3.8, 4) is 11.5 Å². The van der Waals surface area contributed by atoms with E-state index in [0.717, 1.165) is 0 Å². The van der Waals surface area contributed by atoms with Gasteiger partial charge in [0.15, 0.2) is 11.5 Å². The van der Waals surface area contributed by atoms with E-state index >= 15 is 0 Å². The lowest BCUT2D eigenvalue weighted by atomic mass is 9.97. The molecule has 0 saturated carbocycles. The Balaban J connectivity index is 1.70. The van der Waals surface area contributed by atoms with Gasteiger partial charge in [0.25, 0.3) is 11.7 Å². The molecule has 1 N–H and O–H groups in total. The average Bonchev–Trinajstić information content (AvgIpc) is 3.09. The second-order valence-corrected chi connectivity index (χ2v) is 8.15. The number of ketones is 1. The number of rotatable bonds is 3. The number of benzene rings is 2. The number of aliphatic hydroxyl groups excluding tert-OH is 1. The number of pyridine rings is 1. The van der Waals surface area contributed by atoms with Gasteiger partial charge in [0.05, 0.1) is 11.3 Å². The Kier molecular flexibility index (Phi) is 5.26. The minimum atomic E-state index is -0.917. The Labute approximate surface area is 194 Å². The van der Waals surface area contributed by atoms with Gasteiger partial charge in [0.1, 0.15) is 25.0 Å². The molecule has 1 fully saturated rings. The molecule has 2 aliphatic rings. The molecule has 2 aliphatic heterocycles. The van der Waals surface area contributed by atoms with Gasteiger partial charge in [0.2, 0.25) is 0 Å². The van der Waals surface area contributed by atoms with E-state index in [9.17, 15) is 14.7 Å². The van der Waals surface area contributed by atoms with Crippen LogP contribution in [0, 0.1) is 6.92 Å². The molecule has 3 aromatic rings. The van der Waals surface area contributed by atoms with Crippen LogP contribution in [0.25, 0.3) is 5.76 Å². The first kappa shape index (κ1) is 21.0. The third kappa shape index (κ3) is 3.60. The Morgan fingerprint density at radius 2 is 1.85 bits per heavy atom. The molecule has 33 heavy (non-hydrogen) atoms. The number of carbonyl (C=O) groups excluding carboxylic acids is 2. The van der Waals surface area contributed by atoms with E-state index in [-0.39, 0.29) is 11.3 Å². The number of aliphatic hydroxyl groups is 1. The standard InChI is InChI=1S/C25H19ClN2O5/c1-14-12-16(26)6-7-18(14)28-22(17-4-2-3-9-27-17)21(24(30)25(28)31)23(29)15-5-8-19-20(13-15)33-11-10-32-19/h2-9,12-13,22,29H,10-11H2,1H3/b23-21-. The van der Waals surface area contributed by atoms with Crippen LogP contribution >= 0.6 is 11.6 Å². The van der Waals surface area contributed by atoms with Crippen molar-refractivity contribution in [2.75, 3.05) is 18.1 Å². The Morgan fingerprint density at radius 3 is 2.58 bits per heavy atom. The molecule has 3 heterocycles. The fourth-order valence-electron chi connectivity index (χ4n) is 4.13. The summed E-state index contributed by atoms with van der Waals surface area (Å²) in [5.41, 5.74) is 1.96. The van der Waals surface area contributed by atoms with Crippen LogP contribution in [0.2, 0.25) is 5.02 Å². The van der Waals surface area contributed by atoms with Crippen LogP contribution in [-0.4, -0.2) is 35.0 Å². The lowest BCUT2D eigenvalue weighted by Gasteiger charge is -2.26. The molecule has 0 bridgehead atoms. The van der Waals surface area contributed by atoms with Crippen LogP contribution in [-0.2, 0) is 9.59 Å². The zero-order valence-corrected chi connectivity index (χ0v) is 18.4. The van der Waals surface area contributed by atoms with E-state index in [2.05, 4.69) is 4.98 Å². The Hall–Kier alpha value is -3.84. The zero-order chi connectivity index (χ0) is 23.1. The van der Waals surface area contributed by atoms with Crippen LogP contribution < -0.4 is 14.4 Å². The fourth-order valence-corrected chi connectivity index (χ4v) is 4.36. The van der Waals surface area contributed by atoms with Crippen molar-refractivity contribution in [1.82, 2.24) is 4.98 Å². The van der Waals surface area contributed by atoms with Crippen molar-refractivity contribution in [1.29, 1.82) is 0 Å².